The van der Waals surface area contributed by atoms with Crippen molar-refractivity contribution in [2.45, 2.75) is 51.1 Å². The van der Waals surface area contributed by atoms with Gasteiger partial charge in [0.25, 0.3) is 0 Å². The van der Waals surface area contributed by atoms with E-state index in [2.05, 4.69) is 29.5 Å². The normalized spacial score (nSPS) is 16.7. The van der Waals surface area contributed by atoms with Gasteiger partial charge in [0.15, 0.2) is 0 Å². The van der Waals surface area contributed by atoms with E-state index in [4.69, 9.17) is 5.11 Å². The largest absolute Gasteiger partial charge is 0.396 e. The fourth-order valence-corrected chi connectivity index (χ4v) is 2.61. The van der Waals surface area contributed by atoms with Gasteiger partial charge in [-0.1, -0.05) is 0 Å². The summed E-state index contributed by atoms with van der Waals surface area (Å²) in [6.07, 6.45) is 3.40. The third-order valence-electron chi connectivity index (χ3n) is 2.98. The molecule has 1 saturated carbocycles. The predicted molar refractivity (Wildman–Crippen MR) is 66.7 cm³/mol. The molecule has 2 rings (SSSR count). The van der Waals surface area contributed by atoms with Crippen molar-refractivity contribution in [3.05, 3.63) is 16.1 Å². The number of hydrogen-bond donors (Lipinski definition) is 2. The van der Waals surface area contributed by atoms with E-state index in [0.717, 1.165) is 24.6 Å². The maximum absolute atomic E-state index is 8.93. The minimum absolute atomic E-state index is 0.0158. The van der Waals surface area contributed by atoms with Gasteiger partial charge in [0.05, 0.1) is 10.7 Å². The van der Waals surface area contributed by atoms with E-state index in [9.17, 15) is 0 Å². The molecule has 4 heteroatoms. The topological polar surface area (TPSA) is 45.1 Å². The van der Waals surface area contributed by atoms with Gasteiger partial charge >= 0.3 is 0 Å². The Morgan fingerprint density at radius 3 is 2.94 bits per heavy atom. The zero-order valence-electron chi connectivity index (χ0n) is 9.99. The summed E-state index contributed by atoms with van der Waals surface area (Å²) in [7, 11) is 0. The number of rotatable bonds is 6. The SMILES string of the molecule is CC(C)(CCO)NCc1csc(C2CC2)n1. The smallest absolute Gasteiger partial charge is 0.0959 e. The van der Waals surface area contributed by atoms with Crippen molar-refractivity contribution in [3.8, 4) is 0 Å². The van der Waals surface area contributed by atoms with Crippen LogP contribution >= 0.6 is 11.3 Å². The lowest BCUT2D eigenvalue weighted by Gasteiger charge is -2.24. The molecule has 90 valence electrons. The third kappa shape index (κ3) is 3.27. The predicted octanol–water partition coefficient (Wildman–Crippen LogP) is 2.27. The van der Waals surface area contributed by atoms with Crippen molar-refractivity contribution in [3.63, 3.8) is 0 Å². The average Bonchev–Trinajstić information content (AvgIpc) is 2.95. The molecule has 1 aliphatic carbocycles. The fourth-order valence-electron chi connectivity index (χ4n) is 1.62. The first-order valence-electron chi connectivity index (χ1n) is 5.91. The van der Waals surface area contributed by atoms with Crippen molar-refractivity contribution >= 4 is 11.3 Å². The van der Waals surface area contributed by atoms with Crippen LogP contribution in [0.5, 0.6) is 0 Å². The number of thiazole rings is 1. The average molecular weight is 240 g/mol. The molecule has 0 aromatic carbocycles. The number of nitrogens with one attached hydrogen (secondary N) is 1. The highest BCUT2D eigenvalue weighted by molar-refractivity contribution is 7.09. The van der Waals surface area contributed by atoms with E-state index in [-0.39, 0.29) is 12.1 Å². The number of aromatic nitrogens is 1. The van der Waals surface area contributed by atoms with E-state index < -0.39 is 0 Å². The van der Waals surface area contributed by atoms with Crippen LogP contribution in [0.1, 0.15) is 49.7 Å². The molecule has 1 fully saturated rings. The zero-order valence-corrected chi connectivity index (χ0v) is 10.8. The van der Waals surface area contributed by atoms with Crippen molar-refractivity contribution in [1.29, 1.82) is 0 Å². The summed E-state index contributed by atoms with van der Waals surface area (Å²) in [4.78, 5) is 4.63. The van der Waals surface area contributed by atoms with Crippen molar-refractivity contribution in [1.82, 2.24) is 10.3 Å². The molecular formula is C12H20N2OS. The highest BCUT2D eigenvalue weighted by Crippen LogP contribution is 2.41. The van der Waals surface area contributed by atoms with E-state index in [1.54, 1.807) is 11.3 Å². The highest BCUT2D eigenvalue weighted by atomic mass is 32.1. The van der Waals surface area contributed by atoms with Gasteiger partial charge in [-0.05, 0) is 33.1 Å². The molecule has 0 unspecified atom stereocenters. The summed E-state index contributed by atoms with van der Waals surface area (Å²) in [5, 5.41) is 15.8. The lowest BCUT2D eigenvalue weighted by molar-refractivity contribution is 0.229. The van der Waals surface area contributed by atoms with Crippen molar-refractivity contribution in [2.75, 3.05) is 6.61 Å². The first kappa shape index (κ1) is 12.0. The van der Waals surface area contributed by atoms with Crippen LogP contribution in [0.15, 0.2) is 5.38 Å². The molecule has 0 bridgehead atoms. The summed E-state index contributed by atoms with van der Waals surface area (Å²) >= 11 is 1.78. The van der Waals surface area contributed by atoms with Crippen LogP contribution in [0.4, 0.5) is 0 Å². The van der Waals surface area contributed by atoms with Gasteiger partial charge in [0, 0.05) is 30.0 Å². The van der Waals surface area contributed by atoms with Crippen LogP contribution in [-0.2, 0) is 6.54 Å². The number of aliphatic hydroxyl groups excluding tert-OH is 1. The molecule has 16 heavy (non-hydrogen) atoms. The van der Waals surface area contributed by atoms with Crippen molar-refractivity contribution < 1.29 is 5.11 Å². The molecule has 1 aromatic heterocycles. The highest BCUT2D eigenvalue weighted by Gasteiger charge is 2.26. The second-order valence-electron chi connectivity index (χ2n) is 5.16. The lowest BCUT2D eigenvalue weighted by atomic mass is 10.0. The second kappa shape index (κ2) is 4.82. The van der Waals surface area contributed by atoms with Gasteiger partial charge in [0.2, 0.25) is 0 Å². The molecular weight excluding hydrogens is 220 g/mol. The molecule has 0 amide bonds. The molecule has 1 aromatic rings. The van der Waals surface area contributed by atoms with Gasteiger partial charge in [-0.15, -0.1) is 11.3 Å². The van der Waals surface area contributed by atoms with Gasteiger partial charge < -0.3 is 10.4 Å². The van der Waals surface area contributed by atoms with E-state index >= 15 is 0 Å². The molecule has 0 saturated heterocycles. The number of hydrogen-bond acceptors (Lipinski definition) is 4. The van der Waals surface area contributed by atoms with Crippen LogP contribution in [0, 0.1) is 0 Å². The van der Waals surface area contributed by atoms with Gasteiger partial charge in [-0.2, -0.15) is 0 Å². The second-order valence-corrected chi connectivity index (χ2v) is 6.05. The van der Waals surface area contributed by atoms with Crippen LogP contribution in [-0.4, -0.2) is 22.2 Å². The van der Waals surface area contributed by atoms with Gasteiger partial charge in [-0.25, -0.2) is 4.98 Å². The molecule has 3 nitrogen and oxygen atoms in total. The number of aliphatic hydroxyl groups is 1. The maximum Gasteiger partial charge on any atom is 0.0959 e. The van der Waals surface area contributed by atoms with Gasteiger partial charge in [-0.3, -0.25) is 0 Å². The molecule has 0 spiro atoms. The van der Waals surface area contributed by atoms with Crippen LogP contribution in [0.3, 0.4) is 0 Å². The fraction of sp³-hybridized carbons (Fsp3) is 0.750. The maximum atomic E-state index is 8.93. The van der Waals surface area contributed by atoms with Crippen LogP contribution in [0.2, 0.25) is 0 Å². The summed E-state index contributed by atoms with van der Waals surface area (Å²) in [5.41, 5.74) is 1.12. The molecule has 0 aliphatic heterocycles. The van der Waals surface area contributed by atoms with Crippen molar-refractivity contribution in [2.24, 2.45) is 0 Å². The Morgan fingerprint density at radius 1 is 1.56 bits per heavy atom. The summed E-state index contributed by atoms with van der Waals surface area (Å²) in [6.45, 7) is 5.25. The summed E-state index contributed by atoms with van der Waals surface area (Å²) in [6, 6.07) is 0. The monoisotopic (exact) mass is 240 g/mol. The number of nitrogens with zero attached hydrogens (tertiary/aromatic N) is 1. The Hall–Kier alpha value is -0.450. The van der Waals surface area contributed by atoms with E-state index in [1.807, 2.05) is 0 Å². The minimum atomic E-state index is -0.0158. The van der Waals surface area contributed by atoms with Gasteiger partial charge in [0.1, 0.15) is 0 Å². The Balaban J connectivity index is 1.84. The molecule has 1 aliphatic rings. The Labute approximate surface area is 101 Å². The minimum Gasteiger partial charge on any atom is -0.396 e. The molecule has 0 atom stereocenters. The third-order valence-corrected chi connectivity index (χ3v) is 4.04. The van der Waals surface area contributed by atoms with E-state index in [0.29, 0.717) is 0 Å². The first-order chi connectivity index (χ1) is 7.61. The quantitative estimate of drug-likeness (QED) is 0.802. The van der Waals surface area contributed by atoms with E-state index in [1.165, 1.54) is 17.8 Å². The standard InChI is InChI=1S/C12H20N2OS/c1-12(2,5-6-15)13-7-10-8-16-11(14-10)9-3-4-9/h8-9,13,15H,3-7H2,1-2H3. The Morgan fingerprint density at radius 2 is 2.31 bits per heavy atom. The molecule has 1 heterocycles. The Bertz CT molecular complexity index is 345. The Kier molecular flexibility index (Phi) is 3.62. The molecule has 0 radical (unpaired) electrons. The molecule has 2 N–H and O–H groups in total. The van der Waals surface area contributed by atoms with Crippen LogP contribution < -0.4 is 5.32 Å². The summed E-state index contributed by atoms with van der Waals surface area (Å²) < 4.78 is 0. The first-order valence-corrected chi connectivity index (χ1v) is 6.79. The summed E-state index contributed by atoms with van der Waals surface area (Å²) in [5.74, 6) is 0.754. The van der Waals surface area contributed by atoms with Crippen LogP contribution in [0.25, 0.3) is 0 Å². The lowest BCUT2D eigenvalue weighted by Crippen LogP contribution is -2.39. The zero-order chi connectivity index (χ0) is 11.6.